The molecule has 0 amide bonds. The molecule has 2 N–H and O–H groups in total. The minimum absolute atomic E-state index is 0.0778. The SMILES string of the molecule is COc1ccc(C2NC(=S)NC3=C2CCc2ccc(OC)cc23)cc1. The second-order valence-corrected chi connectivity index (χ2v) is 6.64. The molecule has 0 fully saturated rings. The lowest BCUT2D eigenvalue weighted by Crippen LogP contribution is -2.44. The van der Waals surface area contributed by atoms with Crippen LogP contribution in [0.25, 0.3) is 5.70 Å². The van der Waals surface area contributed by atoms with E-state index in [4.69, 9.17) is 21.7 Å². The van der Waals surface area contributed by atoms with E-state index in [0.717, 1.165) is 30.0 Å². The first-order valence-electron chi connectivity index (χ1n) is 8.31. The molecule has 25 heavy (non-hydrogen) atoms. The van der Waals surface area contributed by atoms with E-state index in [-0.39, 0.29) is 6.04 Å². The van der Waals surface area contributed by atoms with Gasteiger partial charge in [-0.15, -0.1) is 0 Å². The Labute approximate surface area is 152 Å². The average molecular weight is 352 g/mol. The largest absolute Gasteiger partial charge is 0.497 e. The van der Waals surface area contributed by atoms with Crippen molar-refractivity contribution in [2.24, 2.45) is 0 Å². The van der Waals surface area contributed by atoms with Crippen LogP contribution in [0.2, 0.25) is 0 Å². The van der Waals surface area contributed by atoms with Crippen LogP contribution in [0.4, 0.5) is 0 Å². The zero-order valence-electron chi connectivity index (χ0n) is 14.3. The fourth-order valence-electron chi connectivity index (χ4n) is 3.59. The molecule has 2 aromatic rings. The summed E-state index contributed by atoms with van der Waals surface area (Å²) in [6.45, 7) is 0. The Hall–Kier alpha value is -2.53. The molecule has 0 bridgehead atoms. The van der Waals surface area contributed by atoms with Crippen molar-refractivity contribution in [1.82, 2.24) is 10.6 Å². The minimum Gasteiger partial charge on any atom is -0.497 e. The van der Waals surface area contributed by atoms with Gasteiger partial charge in [0.1, 0.15) is 11.5 Å². The molecule has 1 heterocycles. The second-order valence-electron chi connectivity index (χ2n) is 6.23. The Kier molecular flexibility index (Phi) is 4.09. The number of hydrogen-bond acceptors (Lipinski definition) is 3. The Morgan fingerprint density at radius 1 is 0.960 bits per heavy atom. The maximum atomic E-state index is 5.48. The maximum Gasteiger partial charge on any atom is 0.171 e. The fraction of sp³-hybridized carbons (Fsp3) is 0.250. The van der Waals surface area contributed by atoms with E-state index in [2.05, 4.69) is 34.9 Å². The second kappa shape index (κ2) is 6.41. The quantitative estimate of drug-likeness (QED) is 0.827. The van der Waals surface area contributed by atoms with Gasteiger partial charge in [-0.2, -0.15) is 0 Å². The molecule has 2 aromatic carbocycles. The average Bonchev–Trinajstić information content (AvgIpc) is 2.67. The molecule has 0 aromatic heterocycles. The highest BCUT2D eigenvalue weighted by Crippen LogP contribution is 2.40. The van der Waals surface area contributed by atoms with Gasteiger partial charge >= 0.3 is 0 Å². The van der Waals surface area contributed by atoms with Crippen LogP contribution in [0, 0.1) is 0 Å². The lowest BCUT2D eigenvalue weighted by molar-refractivity contribution is 0.414. The standard InChI is InChI=1S/C20H20N2O2S/c1-23-14-7-4-13(5-8-14)18-16-10-6-12-3-9-15(24-2)11-17(12)19(16)22-20(25)21-18/h3-5,7-9,11,18H,6,10H2,1-2H3,(H2,21,22,25). The summed E-state index contributed by atoms with van der Waals surface area (Å²) in [7, 11) is 3.37. The lowest BCUT2D eigenvalue weighted by Gasteiger charge is -2.36. The van der Waals surface area contributed by atoms with Crippen molar-refractivity contribution in [2.75, 3.05) is 14.2 Å². The zero-order valence-corrected chi connectivity index (χ0v) is 15.1. The van der Waals surface area contributed by atoms with Gasteiger partial charge in [0, 0.05) is 11.3 Å². The third kappa shape index (κ3) is 2.85. The van der Waals surface area contributed by atoms with E-state index < -0.39 is 0 Å². The van der Waals surface area contributed by atoms with Crippen LogP contribution in [0.3, 0.4) is 0 Å². The van der Waals surface area contributed by atoms with Crippen LogP contribution in [0.5, 0.6) is 11.5 Å². The summed E-state index contributed by atoms with van der Waals surface area (Å²) in [6.07, 6.45) is 2.01. The van der Waals surface area contributed by atoms with Crippen LogP contribution in [-0.2, 0) is 6.42 Å². The van der Waals surface area contributed by atoms with Crippen molar-refractivity contribution in [3.63, 3.8) is 0 Å². The van der Waals surface area contributed by atoms with Crippen molar-refractivity contribution >= 4 is 23.0 Å². The van der Waals surface area contributed by atoms with Gasteiger partial charge < -0.3 is 20.1 Å². The first kappa shape index (κ1) is 16.0. The van der Waals surface area contributed by atoms with Gasteiger partial charge in [-0.3, -0.25) is 0 Å². The summed E-state index contributed by atoms with van der Waals surface area (Å²) >= 11 is 5.48. The normalized spacial score (nSPS) is 18.6. The summed E-state index contributed by atoms with van der Waals surface area (Å²) in [5, 5.41) is 7.44. The molecular weight excluding hydrogens is 332 g/mol. The first-order valence-corrected chi connectivity index (χ1v) is 8.72. The molecule has 0 radical (unpaired) electrons. The molecular formula is C20H20N2O2S. The number of methoxy groups -OCH3 is 2. The Balaban J connectivity index is 1.80. The zero-order chi connectivity index (χ0) is 17.4. The number of aryl methyl sites for hydroxylation is 1. The molecule has 2 aliphatic rings. The molecule has 4 nitrogen and oxygen atoms in total. The van der Waals surface area contributed by atoms with E-state index in [1.54, 1.807) is 14.2 Å². The van der Waals surface area contributed by atoms with E-state index in [1.807, 2.05) is 18.2 Å². The van der Waals surface area contributed by atoms with Crippen LogP contribution in [-0.4, -0.2) is 19.3 Å². The van der Waals surface area contributed by atoms with Crippen molar-refractivity contribution in [3.05, 3.63) is 64.7 Å². The molecule has 0 saturated carbocycles. The molecule has 1 atom stereocenters. The van der Waals surface area contributed by atoms with Gasteiger partial charge in [-0.1, -0.05) is 18.2 Å². The Morgan fingerprint density at radius 2 is 1.68 bits per heavy atom. The van der Waals surface area contributed by atoms with E-state index in [9.17, 15) is 0 Å². The summed E-state index contributed by atoms with van der Waals surface area (Å²) in [4.78, 5) is 0. The third-order valence-corrected chi connectivity index (χ3v) is 5.10. The fourth-order valence-corrected chi connectivity index (χ4v) is 3.81. The van der Waals surface area contributed by atoms with Crippen molar-refractivity contribution < 1.29 is 9.47 Å². The highest BCUT2D eigenvalue weighted by Gasteiger charge is 2.31. The number of thiocarbonyl (C=S) groups is 1. The van der Waals surface area contributed by atoms with Gasteiger partial charge in [0.2, 0.25) is 0 Å². The van der Waals surface area contributed by atoms with Gasteiger partial charge in [0.25, 0.3) is 0 Å². The van der Waals surface area contributed by atoms with Gasteiger partial charge in [-0.25, -0.2) is 0 Å². The number of nitrogens with one attached hydrogen (secondary N) is 2. The van der Waals surface area contributed by atoms with Gasteiger partial charge in [-0.05, 0) is 66.0 Å². The number of ether oxygens (including phenoxy) is 2. The van der Waals surface area contributed by atoms with Gasteiger partial charge in [0.05, 0.1) is 20.3 Å². The number of rotatable bonds is 3. The summed E-state index contributed by atoms with van der Waals surface area (Å²) in [5.41, 5.74) is 6.14. The molecule has 0 spiro atoms. The van der Waals surface area contributed by atoms with Crippen LogP contribution in [0.1, 0.15) is 29.2 Å². The predicted molar refractivity (Wildman–Crippen MR) is 103 cm³/mol. The molecule has 5 heteroatoms. The van der Waals surface area contributed by atoms with Crippen molar-refractivity contribution in [2.45, 2.75) is 18.9 Å². The summed E-state index contributed by atoms with van der Waals surface area (Å²) < 4.78 is 10.7. The third-order valence-electron chi connectivity index (χ3n) is 4.88. The Bertz CT molecular complexity index is 858. The van der Waals surface area contributed by atoms with E-state index in [0.29, 0.717) is 5.11 Å². The molecule has 1 unspecified atom stereocenters. The van der Waals surface area contributed by atoms with E-state index in [1.165, 1.54) is 22.3 Å². The highest BCUT2D eigenvalue weighted by atomic mass is 32.1. The van der Waals surface area contributed by atoms with Crippen LogP contribution < -0.4 is 20.1 Å². The minimum atomic E-state index is 0.0778. The number of fused-ring (bicyclic) bond motifs is 2. The summed E-state index contributed by atoms with van der Waals surface area (Å²) in [5.74, 6) is 1.72. The molecule has 1 aliphatic carbocycles. The van der Waals surface area contributed by atoms with Gasteiger partial charge in [0.15, 0.2) is 5.11 Å². The molecule has 4 rings (SSSR count). The molecule has 0 saturated heterocycles. The smallest absolute Gasteiger partial charge is 0.171 e. The topological polar surface area (TPSA) is 42.5 Å². The highest BCUT2D eigenvalue weighted by molar-refractivity contribution is 7.80. The summed E-state index contributed by atoms with van der Waals surface area (Å²) in [6, 6.07) is 14.5. The van der Waals surface area contributed by atoms with Crippen LogP contribution in [0.15, 0.2) is 48.0 Å². The van der Waals surface area contributed by atoms with E-state index >= 15 is 0 Å². The van der Waals surface area contributed by atoms with Crippen molar-refractivity contribution in [1.29, 1.82) is 0 Å². The monoisotopic (exact) mass is 352 g/mol. The predicted octanol–water partition coefficient (Wildman–Crippen LogP) is 3.58. The number of hydrogen-bond donors (Lipinski definition) is 2. The van der Waals surface area contributed by atoms with Crippen molar-refractivity contribution in [3.8, 4) is 11.5 Å². The molecule has 128 valence electrons. The Morgan fingerprint density at radius 3 is 2.40 bits per heavy atom. The lowest BCUT2D eigenvalue weighted by atomic mass is 9.83. The number of benzene rings is 2. The first-order chi connectivity index (χ1) is 12.2. The molecule has 1 aliphatic heterocycles. The maximum absolute atomic E-state index is 5.48. The van der Waals surface area contributed by atoms with Crippen LogP contribution >= 0.6 is 12.2 Å².